The summed E-state index contributed by atoms with van der Waals surface area (Å²) in [4.78, 5) is 26.7. The van der Waals surface area contributed by atoms with Crippen LogP contribution in [-0.4, -0.2) is 65.8 Å². The molecule has 0 radical (unpaired) electrons. The zero-order chi connectivity index (χ0) is 14.4. The lowest BCUT2D eigenvalue weighted by Gasteiger charge is -2.33. The summed E-state index contributed by atoms with van der Waals surface area (Å²) in [6.07, 6.45) is 2.03. The third-order valence-corrected chi connectivity index (χ3v) is 3.36. The number of aliphatic carboxylic acids is 1. The second-order valence-electron chi connectivity index (χ2n) is 4.93. The number of carboxylic acid groups (broad SMARTS) is 1. The number of amides is 2. The first-order chi connectivity index (χ1) is 9.01. The first-order valence-electron chi connectivity index (χ1n) is 6.79. The molecule has 6 heteroatoms. The van der Waals surface area contributed by atoms with Crippen LogP contribution in [0.1, 0.15) is 33.1 Å². The molecule has 0 heterocycles. The summed E-state index contributed by atoms with van der Waals surface area (Å²) in [6.45, 7) is 5.24. The van der Waals surface area contributed by atoms with E-state index in [0.29, 0.717) is 25.7 Å². The number of urea groups is 1. The second-order valence-corrected chi connectivity index (χ2v) is 4.93. The van der Waals surface area contributed by atoms with Gasteiger partial charge in [0.2, 0.25) is 0 Å². The van der Waals surface area contributed by atoms with Gasteiger partial charge < -0.3 is 19.6 Å². The van der Waals surface area contributed by atoms with Crippen molar-refractivity contribution in [2.45, 2.75) is 45.2 Å². The fourth-order valence-corrected chi connectivity index (χ4v) is 2.17. The molecule has 0 bridgehead atoms. The largest absolute Gasteiger partial charge is 0.481 e. The van der Waals surface area contributed by atoms with Crippen molar-refractivity contribution >= 4 is 12.0 Å². The van der Waals surface area contributed by atoms with Crippen molar-refractivity contribution < 1.29 is 19.4 Å². The zero-order valence-electron chi connectivity index (χ0n) is 12.0. The number of hydrogen-bond acceptors (Lipinski definition) is 3. The molecule has 19 heavy (non-hydrogen) atoms. The average Bonchev–Trinajstić information content (AvgIpc) is 3.14. The Labute approximate surface area is 114 Å². The molecule has 1 aliphatic rings. The lowest BCUT2D eigenvalue weighted by molar-refractivity contribution is -0.138. The molecule has 1 atom stereocenters. The van der Waals surface area contributed by atoms with E-state index in [1.54, 1.807) is 18.9 Å². The molecule has 1 fully saturated rings. The quantitative estimate of drug-likeness (QED) is 0.725. The van der Waals surface area contributed by atoms with Gasteiger partial charge in [-0.2, -0.15) is 0 Å². The SMILES string of the molecule is CCN(C(=O)N(CCOC)C1CC1)C(C)CC(=O)O. The molecule has 0 aromatic carbocycles. The van der Waals surface area contributed by atoms with Crippen molar-refractivity contribution in [3.63, 3.8) is 0 Å². The standard InChI is InChI=1S/C13H24N2O4/c1-4-14(10(2)9-12(16)17)13(18)15(7-8-19-3)11-5-6-11/h10-11H,4-9H2,1-3H3,(H,16,17). The highest BCUT2D eigenvalue weighted by Gasteiger charge is 2.35. The number of methoxy groups -OCH3 is 1. The summed E-state index contributed by atoms with van der Waals surface area (Å²) in [5.41, 5.74) is 0. The molecular weight excluding hydrogens is 248 g/mol. The van der Waals surface area contributed by atoms with Crippen molar-refractivity contribution in [1.29, 1.82) is 0 Å². The summed E-state index contributed by atoms with van der Waals surface area (Å²) in [6, 6.07) is -0.0664. The highest BCUT2D eigenvalue weighted by atomic mass is 16.5. The lowest BCUT2D eigenvalue weighted by atomic mass is 10.2. The number of hydrogen-bond donors (Lipinski definition) is 1. The minimum absolute atomic E-state index is 0.0254. The molecule has 2 amide bonds. The molecule has 0 saturated heterocycles. The van der Waals surface area contributed by atoms with Gasteiger partial charge in [-0.25, -0.2) is 4.79 Å². The Bertz CT molecular complexity index is 318. The molecule has 110 valence electrons. The Morgan fingerprint density at radius 1 is 1.42 bits per heavy atom. The van der Waals surface area contributed by atoms with Crippen molar-refractivity contribution in [1.82, 2.24) is 9.80 Å². The van der Waals surface area contributed by atoms with E-state index in [1.807, 2.05) is 11.8 Å². The first kappa shape index (κ1) is 15.8. The molecule has 6 nitrogen and oxygen atoms in total. The van der Waals surface area contributed by atoms with Crippen LogP contribution in [0.15, 0.2) is 0 Å². The van der Waals surface area contributed by atoms with Crippen LogP contribution < -0.4 is 0 Å². The van der Waals surface area contributed by atoms with E-state index in [1.165, 1.54) is 0 Å². The Kier molecular flexibility index (Phi) is 6.08. The monoisotopic (exact) mass is 272 g/mol. The third-order valence-electron chi connectivity index (χ3n) is 3.36. The second kappa shape index (κ2) is 7.33. The minimum Gasteiger partial charge on any atom is -0.481 e. The van der Waals surface area contributed by atoms with Crippen LogP contribution in [0.4, 0.5) is 4.79 Å². The zero-order valence-corrected chi connectivity index (χ0v) is 12.0. The molecular formula is C13H24N2O4. The fourth-order valence-electron chi connectivity index (χ4n) is 2.17. The van der Waals surface area contributed by atoms with Gasteiger partial charge in [0.25, 0.3) is 0 Å². The van der Waals surface area contributed by atoms with Gasteiger partial charge in [-0.3, -0.25) is 4.79 Å². The molecule has 0 aromatic rings. The van der Waals surface area contributed by atoms with Crippen LogP contribution in [0.3, 0.4) is 0 Å². The maximum absolute atomic E-state index is 12.5. The van der Waals surface area contributed by atoms with E-state index in [9.17, 15) is 9.59 Å². The van der Waals surface area contributed by atoms with Crippen molar-refractivity contribution in [3.05, 3.63) is 0 Å². The van der Waals surface area contributed by atoms with Gasteiger partial charge in [0.1, 0.15) is 0 Å². The van der Waals surface area contributed by atoms with E-state index < -0.39 is 5.97 Å². The Balaban J connectivity index is 2.65. The summed E-state index contributed by atoms with van der Waals surface area (Å²) in [7, 11) is 1.61. The maximum atomic E-state index is 12.5. The van der Waals surface area contributed by atoms with E-state index >= 15 is 0 Å². The Hall–Kier alpha value is -1.30. The van der Waals surface area contributed by atoms with E-state index in [4.69, 9.17) is 9.84 Å². The van der Waals surface area contributed by atoms with Crippen LogP contribution in [0, 0.1) is 0 Å². The van der Waals surface area contributed by atoms with Gasteiger partial charge in [-0.05, 0) is 26.7 Å². The normalized spacial score (nSPS) is 15.9. The van der Waals surface area contributed by atoms with Gasteiger partial charge in [-0.15, -0.1) is 0 Å². The highest BCUT2D eigenvalue weighted by molar-refractivity contribution is 5.76. The number of ether oxygens (including phenoxy) is 1. The van der Waals surface area contributed by atoms with E-state index in [0.717, 1.165) is 12.8 Å². The molecule has 1 rings (SSSR count). The highest BCUT2D eigenvalue weighted by Crippen LogP contribution is 2.28. The topological polar surface area (TPSA) is 70.1 Å². The third kappa shape index (κ3) is 4.70. The van der Waals surface area contributed by atoms with Gasteiger partial charge in [0.05, 0.1) is 13.0 Å². The number of carbonyl (C=O) groups excluding carboxylic acids is 1. The van der Waals surface area contributed by atoms with Crippen molar-refractivity contribution in [2.24, 2.45) is 0 Å². The molecule has 1 N–H and O–H groups in total. The number of carboxylic acids is 1. The predicted molar refractivity (Wildman–Crippen MR) is 71.1 cm³/mol. The van der Waals surface area contributed by atoms with Crippen LogP contribution in [-0.2, 0) is 9.53 Å². The fraction of sp³-hybridized carbons (Fsp3) is 0.846. The maximum Gasteiger partial charge on any atom is 0.320 e. The van der Waals surface area contributed by atoms with Crippen LogP contribution >= 0.6 is 0 Å². The number of carbonyl (C=O) groups is 2. The Morgan fingerprint density at radius 2 is 2.05 bits per heavy atom. The molecule has 1 unspecified atom stereocenters. The minimum atomic E-state index is -0.881. The van der Waals surface area contributed by atoms with Gasteiger partial charge >= 0.3 is 12.0 Å². The summed E-state index contributed by atoms with van der Waals surface area (Å²) >= 11 is 0. The van der Waals surface area contributed by atoms with E-state index in [2.05, 4.69) is 0 Å². The van der Waals surface area contributed by atoms with Gasteiger partial charge in [0.15, 0.2) is 0 Å². The summed E-state index contributed by atoms with van der Waals surface area (Å²) < 4.78 is 5.03. The van der Waals surface area contributed by atoms with Gasteiger partial charge in [-0.1, -0.05) is 0 Å². The van der Waals surface area contributed by atoms with E-state index in [-0.39, 0.29) is 18.5 Å². The summed E-state index contributed by atoms with van der Waals surface area (Å²) in [5.74, 6) is -0.881. The molecule has 0 aliphatic heterocycles. The average molecular weight is 272 g/mol. The molecule has 1 aliphatic carbocycles. The summed E-state index contributed by atoms with van der Waals surface area (Å²) in [5, 5.41) is 8.84. The van der Waals surface area contributed by atoms with Crippen LogP contribution in [0.5, 0.6) is 0 Å². The predicted octanol–water partition coefficient (Wildman–Crippen LogP) is 1.40. The smallest absolute Gasteiger partial charge is 0.320 e. The first-order valence-corrected chi connectivity index (χ1v) is 6.79. The van der Waals surface area contributed by atoms with Crippen molar-refractivity contribution in [2.75, 3.05) is 26.8 Å². The Morgan fingerprint density at radius 3 is 2.47 bits per heavy atom. The molecule has 0 spiro atoms. The van der Waals surface area contributed by atoms with Crippen LogP contribution in [0.2, 0.25) is 0 Å². The number of rotatable bonds is 8. The van der Waals surface area contributed by atoms with Crippen molar-refractivity contribution in [3.8, 4) is 0 Å². The van der Waals surface area contributed by atoms with Gasteiger partial charge in [0, 0.05) is 32.3 Å². The number of nitrogens with zero attached hydrogens (tertiary/aromatic N) is 2. The molecule has 0 aromatic heterocycles. The van der Waals surface area contributed by atoms with Crippen LogP contribution in [0.25, 0.3) is 0 Å². The molecule has 1 saturated carbocycles. The lowest BCUT2D eigenvalue weighted by Crippen LogP contribution is -2.49.